The molecule has 2 aromatic carbocycles. The predicted octanol–water partition coefficient (Wildman–Crippen LogP) is 5.85. The average Bonchev–Trinajstić information content (AvgIpc) is 3.30. The first kappa shape index (κ1) is 26.2. The minimum Gasteiger partial charge on any atom is -0.466 e. The van der Waals surface area contributed by atoms with Crippen molar-refractivity contribution in [3.05, 3.63) is 77.6 Å². The minimum atomic E-state index is -0.331. The molecule has 1 fully saturated rings. The fourth-order valence-corrected chi connectivity index (χ4v) is 4.81. The Morgan fingerprint density at radius 1 is 1.05 bits per heavy atom. The molecule has 0 saturated heterocycles. The van der Waals surface area contributed by atoms with Gasteiger partial charge in [-0.1, -0.05) is 30.3 Å². The van der Waals surface area contributed by atoms with Crippen LogP contribution in [0.1, 0.15) is 66.8 Å². The number of esters is 1. The molecule has 0 bridgehead atoms. The number of rotatable bonds is 10. The molecule has 1 aromatic heterocycles. The van der Waals surface area contributed by atoms with E-state index in [4.69, 9.17) is 9.15 Å². The second kappa shape index (κ2) is 12.4. The Balaban J connectivity index is 1.49. The SMILES string of the molecule is CCOC(=O)CCNC(=O)c1ccc(NC(c2cc(-c3ccccc3)oc2C)C2CCC(=O)CC2)cc1. The van der Waals surface area contributed by atoms with Crippen molar-refractivity contribution in [3.63, 3.8) is 0 Å². The number of benzene rings is 2. The number of nitrogens with one attached hydrogen (secondary N) is 2. The lowest BCUT2D eigenvalue weighted by Gasteiger charge is -2.31. The van der Waals surface area contributed by atoms with Gasteiger partial charge in [0.25, 0.3) is 5.91 Å². The van der Waals surface area contributed by atoms with Crippen molar-refractivity contribution in [3.8, 4) is 11.3 Å². The van der Waals surface area contributed by atoms with Gasteiger partial charge in [0.15, 0.2) is 0 Å². The second-order valence-electron chi connectivity index (χ2n) is 9.37. The van der Waals surface area contributed by atoms with Crippen LogP contribution in [0.3, 0.4) is 0 Å². The van der Waals surface area contributed by atoms with Gasteiger partial charge in [0.05, 0.1) is 19.1 Å². The number of carbonyl (C=O) groups is 3. The van der Waals surface area contributed by atoms with Gasteiger partial charge in [-0.15, -0.1) is 0 Å². The van der Waals surface area contributed by atoms with Crippen LogP contribution < -0.4 is 10.6 Å². The Morgan fingerprint density at radius 3 is 2.43 bits per heavy atom. The van der Waals surface area contributed by atoms with E-state index < -0.39 is 0 Å². The van der Waals surface area contributed by atoms with Crippen LogP contribution in [0, 0.1) is 12.8 Å². The van der Waals surface area contributed by atoms with Gasteiger partial charge in [0.2, 0.25) is 0 Å². The number of aryl methyl sites for hydroxylation is 1. The number of anilines is 1. The molecule has 1 aliphatic carbocycles. The zero-order valence-corrected chi connectivity index (χ0v) is 21.4. The first-order valence-corrected chi connectivity index (χ1v) is 12.9. The lowest BCUT2D eigenvalue weighted by atomic mass is 9.80. The summed E-state index contributed by atoms with van der Waals surface area (Å²) in [5.74, 6) is 1.71. The van der Waals surface area contributed by atoms with Crippen LogP contribution in [0.2, 0.25) is 0 Å². The third kappa shape index (κ3) is 6.88. The molecule has 1 aliphatic rings. The maximum absolute atomic E-state index is 12.5. The van der Waals surface area contributed by atoms with Crippen molar-refractivity contribution in [2.45, 2.75) is 52.0 Å². The molecule has 2 N–H and O–H groups in total. The molecule has 0 radical (unpaired) electrons. The topological polar surface area (TPSA) is 97.6 Å². The van der Waals surface area contributed by atoms with Crippen LogP contribution >= 0.6 is 0 Å². The number of ketones is 1. The molecule has 1 amide bonds. The van der Waals surface area contributed by atoms with Gasteiger partial charge >= 0.3 is 5.97 Å². The molecule has 7 heteroatoms. The van der Waals surface area contributed by atoms with Crippen LogP contribution in [-0.2, 0) is 14.3 Å². The maximum Gasteiger partial charge on any atom is 0.307 e. The second-order valence-corrected chi connectivity index (χ2v) is 9.37. The Bertz CT molecular complexity index is 1210. The van der Waals surface area contributed by atoms with Gasteiger partial charge in [-0.2, -0.15) is 0 Å². The van der Waals surface area contributed by atoms with Gasteiger partial charge in [-0.25, -0.2) is 0 Å². The number of hydrogen-bond acceptors (Lipinski definition) is 6. The zero-order chi connectivity index (χ0) is 26.2. The predicted molar refractivity (Wildman–Crippen MR) is 142 cm³/mol. The fraction of sp³-hybridized carbons (Fsp3) is 0.367. The Hall–Kier alpha value is -3.87. The largest absolute Gasteiger partial charge is 0.466 e. The van der Waals surface area contributed by atoms with E-state index >= 15 is 0 Å². The molecule has 37 heavy (non-hydrogen) atoms. The Morgan fingerprint density at radius 2 is 1.76 bits per heavy atom. The monoisotopic (exact) mass is 502 g/mol. The van der Waals surface area contributed by atoms with E-state index in [0.717, 1.165) is 41.2 Å². The normalized spacial score (nSPS) is 14.7. The van der Waals surface area contributed by atoms with Gasteiger partial charge in [-0.05, 0) is 62.9 Å². The Kier molecular flexibility index (Phi) is 8.77. The van der Waals surface area contributed by atoms with Crippen molar-refractivity contribution in [2.75, 3.05) is 18.5 Å². The number of ether oxygens (including phenoxy) is 1. The maximum atomic E-state index is 12.5. The molecule has 7 nitrogen and oxygen atoms in total. The summed E-state index contributed by atoms with van der Waals surface area (Å²) in [6.07, 6.45) is 2.97. The van der Waals surface area contributed by atoms with Crippen LogP contribution in [0.25, 0.3) is 11.3 Å². The summed E-state index contributed by atoms with van der Waals surface area (Å²) in [5, 5.41) is 6.41. The molecule has 4 rings (SSSR count). The molecule has 0 aliphatic heterocycles. The summed E-state index contributed by atoms with van der Waals surface area (Å²) in [6.45, 7) is 4.28. The van der Waals surface area contributed by atoms with Gasteiger partial charge in [0.1, 0.15) is 17.3 Å². The molecule has 1 unspecified atom stereocenters. The average molecular weight is 503 g/mol. The van der Waals surface area contributed by atoms with E-state index in [1.54, 1.807) is 19.1 Å². The lowest BCUT2D eigenvalue weighted by molar-refractivity contribution is -0.142. The van der Waals surface area contributed by atoms with Gasteiger partial charge < -0.3 is 19.8 Å². The van der Waals surface area contributed by atoms with E-state index in [0.29, 0.717) is 30.8 Å². The van der Waals surface area contributed by atoms with Crippen LogP contribution in [0.4, 0.5) is 5.69 Å². The standard InChI is InChI=1S/C30H34N2O5/c1-3-36-28(34)17-18-31-30(35)23-9-13-24(14-10-23)32-29(22-11-15-25(33)16-12-22)26-19-27(37-20(26)2)21-7-5-4-6-8-21/h4-10,13-14,19,22,29,32H,3,11-12,15-18H2,1-2H3,(H,31,35). The number of furan rings is 1. The number of Topliss-reactive ketones (excluding diaryl/α,β-unsaturated/α-hetero) is 1. The quantitative estimate of drug-likeness (QED) is 0.338. The molecular formula is C30H34N2O5. The van der Waals surface area contributed by atoms with Crippen molar-refractivity contribution in [2.24, 2.45) is 5.92 Å². The van der Waals surface area contributed by atoms with E-state index in [1.165, 1.54) is 0 Å². The van der Waals surface area contributed by atoms with E-state index in [-0.39, 0.29) is 36.8 Å². The van der Waals surface area contributed by atoms with Crippen molar-refractivity contribution in [1.29, 1.82) is 0 Å². The molecule has 3 aromatic rings. The summed E-state index contributed by atoms with van der Waals surface area (Å²) in [5.41, 5.74) is 3.50. The molecular weight excluding hydrogens is 468 g/mol. The Labute approximate surface area is 217 Å². The third-order valence-electron chi connectivity index (χ3n) is 6.80. The molecule has 1 atom stereocenters. The third-order valence-corrected chi connectivity index (χ3v) is 6.80. The molecule has 194 valence electrons. The van der Waals surface area contributed by atoms with Gasteiger partial charge in [0, 0.05) is 41.8 Å². The summed E-state index contributed by atoms with van der Waals surface area (Å²) in [6, 6.07) is 19.4. The highest BCUT2D eigenvalue weighted by molar-refractivity contribution is 5.94. The molecule has 0 spiro atoms. The minimum absolute atomic E-state index is 0.0291. The van der Waals surface area contributed by atoms with Crippen LogP contribution in [-0.4, -0.2) is 30.8 Å². The smallest absolute Gasteiger partial charge is 0.307 e. The summed E-state index contributed by atoms with van der Waals surface area (Å²) in [7, 11) is 0. The number of carbonyl (C=O) groups excluding carboxylic acids is 3. The van der Waals surface area contributed by atoms with Crippen molar-refractivity contribution < 1.29 is 23.5 Å². The highest BCUT2D eigenvalue weighted by atomic mass is 16.5. The van der Waals surface area contributed by atoms with Crippen LogP contribution in [0.15, 0.2) is 65.1 Å². The number of amides is 1. The first-order chi connectivity index (χ1) is 17.9. The van der Waals surface area contributed by atoms with E-state index in [1.807, 2.05) is 49.4 Å². The lowest BCUT2D eigenvalue weighted by Crippen LogP contribution is -2.27. The van der Waals surface area contributed by atoms with Crippen molar-refractivity contribution in [1.82, 2.24) is 5.32 Å². The fourth-order valence-electron chi connectivity index (χ4n) is 4.81. The number of hydrogen-bond donors (Lipinski definition) is 2. The zero-order valence-electron chi connectivity index (χ0n) is 21.4. The first-order valence-electron chi connectivity index (χ1n) is 12.9. The van der Waals surface area contributed by atoms with Gasteiger partial charge in [-0.3, -0.25) is 14.4 Å². The molecule has 1 saturated carbocycles. The highest BCUT2D eigenvalue weighted by Gasteiger charge is 2.30. The van der Waals surface area contributed by atoms with E-state index in [9.17, 15) is 14.4 Å². The van der Waals surface area contributed by atoms with Crippen LogP contribution in [0.5, 0.6) is 0 Å². The molecule has 1 heterocycles. The highest BCUT2D eigenvalue weighted by Crippen LogP contribution is 2.39. The summed E-state index contributed by atoms with van der Waals surface area (Å²) >= 11 is 0. The van der Waals surface area contributed by atoms with Crippen molar-refractivity contribution >= 4 is 23.3 Å². The van der Waals surface area contributed by atoms with E-state index in [2.05, 4.69) is 16.7 Å². The summed E-state index contributed by atoms with van der Waals surface area (Å²) < 4.78 is 11.0. The summed E-state index contributed by atoms with van der Waals surface area (Å²) in [4.78, 5) is 35.9.